The number of carbonyl (C=O) groups is 7. The molecule has 0 radical (unpaired) electrons. The fourth-order valence-electron chi connectivity index (χ4n) is 5.14. The molecule has 0 aromatic heterocycles. The Morgan fingerprint density at radius 2 is 1.47 bits per heavy atom. The van der Waals surface area contributed by atoms with Crippen LogP contribution in [-0.4, -0.2) is 118 Å². The van der Waals surface area contributed by atoms with Crippen LogP contribution in [0, 0.1) is 11.8 Å². The summed E-state index contributed by atoms with van der Waals surface area (Å²) in [5.74, 6) is -7.10. The van der Waals surface area contributed by atoms with Crippen molar-refractivity contribution in [1.29, 1.82) is 0 Å². The number of amides is 5. The molecule has 0 spiro atoms. The van der Waals surface area contributed by atoms with Crippen molar-refractivity contribution in [3.05, 3.63) is 0 Å². The number of hydrogen-bond acceptors (Lipinski definition) is 10. The molecule has 0 bridgehead atoms. The minimum atomic E-state index is -1.43. The lowest BCUT2D eigenvalue weighted by molar-refractivity contribution is -0.143. The van der Waals surface area contributed by atoms with Gasteiger partial charge in [-0.3, -0.25) is 28.8 Å². The molecule has 17 nitrogen and oxygen atoms in total. The summed E-state index contributed by atoms with van der Waals surface area (Å²) in [5.41, 5.74) is 11.1. The van der Waals surface area contributed by atoms with E-state index in [2.05, 4.69) is 21.3 Å². The number of likely N-dealkylation sites (tertiary alicyclic amines) is 1. The van der Waals surface area contributed by atoms with Crippen LogP contribution >= 0.6 is 0 Å². The largest absolute Gasteiger partial charge is 0.481 e. The number of carbonyl (C=O) groups excluding carboxylic acids is 5. The molecule has 268 valence electrons. The maximum absolute atomic E-state index is 13.6. The molecule has 5 amide bonds. The second kappa shape index (κ2) is 20.4. The average Bonchev–Trinajstić information content (AvgIpc) is 3.52. The van der Waals surface area contributed by atoms with Gasteiger partial charge >= 0.3 is 11.9 Å². The predicted octanol–water partition coefficient (Wildman–Crippen LogP) is -1.98. The molecular weight excluding hydrogens is 618 g/mol. The highest BCUT2D eigenvalue weighted by molar-refractivity contribution is 5.96. The molecule has 1 saturated heterocycles. The number of rotatable bonds is 21. The minimum Gasteiger partial charge on any atom is -0.481 e. The van der Waals surface area contributed by atoms with Gasteiger partial charge in [0.25, 0.3) is 0 Å². The van der Waals surface area contributed by atoms with Gasteiger partial charge in [-0.15, -0.1) is 0 Å². The van der Waals surface area contributed by atoms with Gasteiger partial charge in [0, 0.05) is 13.0 Å². The van der Waals surface area contributed by atoms with E-state index in [0.717, 1.165) is 0 Å². The topological polar surface area (TPSA) is 284 Å². The number of carboxylic acid groups (broad SMARTS) is 2. The van der Waals surface area contributed by atoms with Crippen molar-refractivity contribution in [1.82, 2.24) is 26.2 Å². The maximum Gasteiger partial charge on any atom is 0.326 e. The van der Waals surface area contributed by atoms with Crippen LogP contribution in [0.2, 0.25) is 0 Å². The van der Waals surface area contributed by atoms with Crippen LogP contribution in [-0.2, 0) is 33.6 Å². The van der Waals surface area contributed by atoms with Crippen LogP contribution in [0.25, 0.3) is 0 Å². The molecule has 1 heterocycles. The van der Waals surface area contributed by atoms with Gasteiger partial charge in [0.2, 0.25) is 29.5 Å². The van der Waals surface area contributed by atoms with Crippen LogP contribution in [0.15, 0.2) is 0 Å². The van der Waals surface area contributed by atoms with Gasteiger partial charge in [-0.25, -0.2) is 4.79 Å². The fourth-order valence-corrected chi connectivity index (χ4v) is 5.14. The van der Waals surface area contributed by atoms with E-state index in [4.69, 9.17) is 11.5 Å². The maximum atomic E-state index is 13.6. The molecule has 1 rings (SSSR count). The smallest absolute Gasteiger partial charge is 0.326 e. The highest BCUT2D eigenvalue weighted by Gasteiger charge is 2.39. The summed E-state index contributed by atoms with van der Waals surface area (Å²) < 4.78 is 0. The molecule has 7 atom stereocenters. The van der Waals surface area contributed by atoms with Crippen LogP contribution in [0.3, 0.4) is 0 Å². The van der Waals surface area contributed by atoms with Crippen molar-refractivity contribution in [2.45, 2.75) is 115 Å². The van der Waals surface area contributed by atoms with Gasteiger partial charge in [-0.05, 0) is 56.9 Å². The first-order chi connectivity index (χ1) is 22.1. The summed E-state index contributed by atoms with van der Waals surface area (Å²) in [6.07, 6.45) is 1.52. The highest BCUT2D eigenvalue weighted by atomic mass is 16.4. The first kappa shape index (κ1) is 41.2. The lowest BCUT2D eigenvalue weighted by Gasteiger charge is -2.31. The molecule has 0 aliphatic carbocycles. The van der Waals surface area contributed by atoms with E-state index in [1.807, 2.05) is 0 Å². The van der Waals surface area contributed by atoms with E-state index in [0.29, 0.717) is 38.6 Å². The van der Waals surface area contributed by atoms with Crippen molar-refractivity contribution in [3.63, 3.8) is 0 Å². The Balaban J connectivity index is 3.17. The number of unbranched alkanes of at least 4 members (excludes halogenated alkanes) is 1. The Morgan fingerprint density at radius 3 is 2.00 bits per heavy atom. The van der Waals surface area contributed by atoms with Crippen LogP contribution in [0.5, 0.6) is 0 Å². The fraction of sp³-hybridized carbons (Fsp3) is 0.767. The van der Waals surface area contributed by atoms with Gasteiger partial charge < -0.3 is 53.0 Å². The Hall–Kier alpha value is -3.83. The lowest BCUT2D eigenvalue weighted by atomic mass is 9.96. The molecule has 17 heteroatoms. The summed E-state index contributed by atoms with van der Waals surface area (Å²) >= 11 is 0. The number of nitrogens with one attached hydrogen (secondary N) is 4. The number of aliphatic hydroxyl groups excluding tert-OH is 1. The Kier molecular flexibility index (Phi) is 17.9. The van der Waals surface area contributed by atoms with Crippen molar-refractivity contribution < 1.29 is 48.9 Å². The number of nitrogens with zero attached hydrogens (tertiary/aromatic N) is 1. The first-order valence-electron chi connectivity index (χ1n) is 16.1. The van der Waals surface area contributed by atoms with Crippen molar-refractivity contribution in [3.8, 4) is 0 Å². The van der Waals surface area contributed by atoms with Crippen molar-refractivity contribution in [2.24, 2.45) is 23.3 Å². The molecule has 0 aromatic carbocycles. The molecule has 0 aromatic rings. The van der Waals surface area contributed by atoms with E-state index in [1.54, 1.807) is 27.7 Å². The molecule has 0 unspecified atom stereocenters. The molecule has 1 fully saturated rings. The molecule has 0 saturated carbocycles. The Morgan fingerprint density at radius 1 is 0.851 bits per heavy atom. The standard InChI is InChI=1S/C30H53N7O10/c1-5-17(4)24(36-26(42)21-10-8-14-37(21)29(45)18(32)15-38)28(44)33-19(11-12-22(39)40)25(41)35-23(16(2)3)27(43)34-20(30(46)47)9-6-7-13-31/h16-21,23-24,38H,5-15,31-32H2,1-4H3,(H,33,44)(H,34,43)(H,35,41)(H,36,42)(H,39,40)(H,46,47)/t17-,18-,19-,20-,21-,23-,24-/m0/s1. The minimum absolute atomic E-state index is 0.123. The number of hydrogen-bond donors (Lipinski definition) is 9. The van der Waals surface area contributed by atoms with Crippen molar-refractivity contribution >= 4 is 41.5 Å². The quantitative estimate of drug-likeness (QED) is 0.0600. The van der Waals surface area contributed by atoms with E-state index in [1.165, 1.54) is 4.90 Å². The number of aliphatic hydroxyl groups is 1. The highest BCUT2D eigenvalue weighted by Crippen LogP contribution is 2.20. The van der Waals surface area contributed by atoms with Crippen LogP contribution in [0.4, 0.5) is 0 Å². The third-order valence-corrected chi connectivity index (χ3v) is 8.23. The predicted molar refractivity (Wildman–Crippen MR) is 169 cm³/mol. The molecular formula is C30H53N7O10. The zero-order chi connectivity index (χ0) is 35.8. The molecule has 47 heavy (non-hydrogen) atoms. The molecule has 1 aliphatic rings. The van der Waals surface area contributed by atoms with Gasteiger partial charge in [-0.2, -0.15) is 0 Å². The third-order valence-electron chi connectivity index (χ3n) is 8.23. The second-order valence-corrected chi connectivity index (χ2v) is 12.3. The summed E-state index contributed by atoms with van der Waals surface area (Å²) in [6, 6.07) is -7.17. The normalized spacial score (nSPS) is 18.3. The number of nitrogens with two attached hydrogens (primary N) is 2. The van der Waals surface area contributed by atoms with Gasteiger partial charge in [-0.1, -0.05) is 34.1 Å². The van der Waals surface area contributed by atoms with E-state index in [-0.39, 0.29) is 19.4 Å². The summed E-state index contributed by atoms with van der Waals surface area (Å²) in [6.45, 7) is 6.72. The summed E-state index contributed by atoms with van der Waals surface area (Å²) in [7, 11) is 0. The number of aliphatic carboxylic acids is 2. The molecule has 11 N–H and O–H groups in total. The van der Waals surface area contributed by atoms with Crippen LogP contribution in [0.1, 0.15) is 79.1 Å². The van der Waals surface area contributed by atoms with Crippen molar-refractivity contribution in [2.75, 3.05) is 19.7 Å². The monoisotopic (exact) mass is 671 g/mol. The Labute approximate surface area is 274 Å². The van der Waals surface area contributed by atoms with Crippen LogP contribution < -0.4 is 32.7 Å². The van der Waals surface area contributed by atoms with Gasteiger partial charge in [0.15, 0.2) is 0 Å². The SMILES string of the molecule is CC[C@H](C)[C@H](NC(=O)[C@@H]1CCCN1C(=O)[C@@H](N)CO)C(=O)N[C@@H](CCC(=O)O)C(=O)N[C@H](C(=O)N[C@@H](CCCCN)C(=O)O)C(C)C. The van der Waals surface area contributed by atoms with E-state index >= 15 is 0 Å². The van der Waals surface area contributed by atoms with E-state index < -0.39 is 103 Å². The zero-order valence-corrected chi connectivity index (χ0v) is 27.7. The lowest BCUT2D eigenvalue weighted by Crippen LogP contribution is -2.60. The Bertz CT molecular complexity index is 1100. The zero-order valence-electron chi connectivity index (χ0n) is 27.7. The molecule has 1 aliphatic heterocycles. The van der Waals surface area contributed by atoms with Gasteiger partial charge in [0.05, 0.1) is 6.61 Å². The van der Waals surface area contributed by atoms with Gasteiger partial charge in [0.1, 0.15) is 36.3 Å². The number of carboxylic acids is 2. The first-order valence-corrected chi connectivity index (χ1v) is 16.1. The third kappa shape index (κ3) is 13.1. The van der Waals surface area contributed by atoms with E-state index in [9.17, 15) is 48.9 Å². The summed E-state index contributed by atoms with van der Waals surface area (Å²) in [4.78, 5) is 90.4. The average molecular weight is 672 g/mol. The second-order valence-electron chi connectivity index (χ2n) is 12.3. The summed E-state index contributed by atoms with van der Waals surface area (Å²) in [5, 5.41) is 38.3.